The summed E-state index contributed by atoms with van der Waals surface area (Å²) in [6, 6.07) is 7.52. The maximum Gasteiger partial charge on any atom is 0.119 e. The van der Waals surface area contributed by atoms with Crippen LogP contribution in [0.2, 0.25) is 5.02 Å². The monoisotopic (exact) mass is 241 g/mol. The summed E-state index contributed by atoms with van der Waals surface area (Å²) in [6.07, 6.45) is 2.38. The Morgan fingerprint density at radius 2 is 1.94 bits per heavy atom. The molecule has 2 nitrogen and oxygen atoms in total. The van der Waals surface area contributed by atoms with Crippen LogP contribution in [0.5, 0.6) is 5.75 Å². The van der Waals surface area contributed by atoms with E-state index < -0.39 is 0 Å². The van der Waals surface area contributed by atoms with Crippen LogP contribution in [0.3, 0.4) is 0 Å². The zero-order valence-corrected chi connectivity index (χ0v) is 10.8. The van der Waals surface area contributed by atoms with Gasteiger partial charge >= 0.3 is 0 Å². The molecule has 0 radical (unpaired) electrons. The van der Waals surface area contributed by atoms with Gasteiger partial charge in [0, 0.05) is 11.6 Å². The van der Waals surface area contributed by atoms with Crippen molar-refractivity contribution in [3.05, 3.63) is 29.3 Å². The van der Waals surface area contributed by atoms with Crippen molar-refractivity contribution in [2.75, 3.05) is 13.1 Å². The molecule has 0 heterocycles. The second kappa shape index (κ2) is 7.53. The first-order valence-corrected chi connectivity index (χ1v) is 6.27. The predicted octanol–water partition coefficient (Wildman–Crippen LogP) is 3.50. The molecular formula is C13H20ClNO. The molecule has 1 N–H and O–H groups in total. The fourth-order valence-electron chi connectivity index (χ4n) is 1.41. The quantitative estimate of drug-likeness (QED) is 0.738. The first-order valence-electron chi connectivity index (χ1n) is 5.89. The van der Waals surface area contributed by atoms with Gasteiger partial charge in [0.1, 0.15) is 11.9 Å². The minimum atomic E-state index is 0.229. The van der Waals surface area contributed by atoms with Crippen LogP contribution in [0.1, 0.15) is 26.7 Å². The largest absolute Gasteiger partial charge is 0.489 e. The van der Waals surface area contributed by atoms with Crippen LogP contribution < -0.4 is 10.1 Å². The molecule has 1 unspecified atom stereocenters. The summed E-state index contributed by atoms with van der Waals surface area (Å²) in [5.74, 6) is 0.884. The lowest BCUT2D eigenvalue weighted by Gasteiger charge is -2.18. The van der Waals surface area contributed by atoms with Crippen molar-refractivity contribution in [2.45, 2.75) is 32.8 Å². The number of hydrogen-bond donors (Lipinski definition) is 1. The Morgan fingerprint density at radius 3 is 2.50 bits per heavy atom. The van der Waals surface area contributed by atoms with E-state index in [4.69, 9.17) is 16.3 Å². The molecule has 0 fully saturated rings. The van der Waals surface area contributed by atoms with Gasteiger partial charge in [-0.05, 0) is 43.7 Å². The van der Waals surface area contributed by atoms with Gasteiger partial charge in [-0.15, -0.1) is 0 Å². The lowest BCUT2D eigenvalue weighted by atomic mass is 10.2. The van der Waals surface area contributed by atoms with E-state index in [1.54, 1.807) is 0 Å². The highest BCUT2D eigenvalue weighted by Gasteiger charge is 2.06. The summed E-state index contributed by atoms with van der Waals surface area (Å²) < 4.78 is 5.84. The van der Waals surface area contributed by atoms with E-state index in [-0.39, 0.29) is 6.10 Å². The van der Waals surface area contributed by atoms with Gasteiger partial charge in [0.05, 0.1) is 0 Å². The Labute approximate surface area is 103 Å². The molecule has 1 aromatic rings. The average molecular weight is 242 g/mol. The number of halogens is 1. The molecule has 3 heteroatoms. The fraction of sp³-hybridized carbons (Fsp3) is 0.538. The highest BCUT2D eigenvalue weighted by molar-refractivity contribution is 6.30. The molecule has 0 saturated heterocycles. The number of nitrogens with one attached hydrogen (secondary N) is 1. The van der Waals surface area contributed by atoms with Crippen molar-refractivity contribution in [1.29, 1.82) is 0 Å². The highest BCUT2D eigenvalue weighted by atomic mass is 35.5. The fourth-order valence-corrected chi connectivity index (χ4v) is 1.54. The average Bonchev–Trinajstić information content (AvgIpc) is 2.31. The zero-order chi connectivity index (χ0) is 11.8. The summed E-state index contributed by atoms with van der Waals surface area (Å²) in [4.78, 5) is 0. The molecule has 1 rings (SSSR count). The molecule has 90 valence electrons. The third kappa shape index (κ3) is 4.86. The van der Waals surface area contributed by atoms with Crippen LogP contribution in [0.4, 0.5) is 0 Å². The molecule has 0 spiro atoms. The van der Waals surface area contributed by atoms with Crippen LogP contribution >= 0.6 is 11.6 Å². The van der Waals surface area contributed by atoms with Crippen LogP contribution in [0.25, 0.3) is 0 Å². The third-order valence-electron chi connectivity index (χ3n) is 2.37. The summed E-state index contributed by atoms with van der Waals surface area (Å²) in [5.41, 5.74) is 0. The molecule has 0 bridgehead atoms. The number of rotatable bonds is 7. The number of ether oxygens (including phenoxy) is 1. The Bertz CT molecular complexity index is 286. The Morgan fingerprint density at radius 1 is 1.25 bits per heavy atom. The standard InChI is InChI=1S/C13H20ClNO/c1-3-9-15-10-12(4-2)16-13-7-5-11(14)6-8-13/h5-8,12,15H,3-4,9-10H2,1-2H3. The van der Waals surface area contributed by atoms with Crippen molar-refractivity contribution in [2.24, 2.45) is 0 Å². The maximum atomic E-state index is 5.84. The van der Waals surface area contributed by atoms with Gasteiger partial charge in [0.25, 0.3) is 0 Å². The smallest absolute Gasteiger partial charge is 0.119 e. The Balaban J connectivity index is 2.40. The van der Waals surface area contributed by atoms with Gasteiger partial charge in [-0.3, -0.25) is 0 Å². The van der Waals surface area contributed by atoms with Crippen molar-refractivity contribution >= 4 is 11.6 Å². The number of benzene rings is 1. The second-order valence-corrected chi connectivity index (χ2v) is 4.24. The first kappa shape index (κ1) is 13.3. The highest BCUT2D eigenvalue weighted by Crippen LogP contribution is 2.17. The van der Waals surface area contributed by atoms with E-state index in [1.807, 2.05) is 24.3 Å². The summed E-state index contributed by atoms with van der Waals surface area (Å²) >= 11 is 5.82. The van der Waals surface area contributed by atoms with Crippen molar-refractivity contribution in [3.63, 3.8) is 0 Å². The minimum Gasteiger partial charge on any atom is -0.489 e. The van der Waals surface area contributed by atoms with Gasteiger partial charge in [0.2, 0.25) is 0 Å². The van der Waals surface area contributed by atoms with Gasteiger partial charge in [0.15, 0.2) is 0 Å². The first-order chi connectivity index (χ1) is 7.76. The third-order valence-corrected chi connectivity index (χ3v) is 2.62. The van der Waals surface area contributed by atoms with Crippen molar-refractivity contribution in [1.82, 2.24) is 5.32 Å². The van der Waals surface area contributed by atoms with Crippen molar-refractivity contribution < 1.29 is 4.74 Å². The zero-order valence-electron chi connectivity index (χ0n) is 10.0. The Hall–Kier alpha value is -0.730. The minimum absolute atomic E-state index is 0.229. The van der Waals surface area contributed by atoms with E-state index in [2.05, 4.69) is 19.2 Å². The lowest BCUT2D eigenvalue weighted by Crippen LogP contribution is -2.31. The molecule has 0 saturated carbocycles. The summed E-state index contributed by atoms with van der Waals surface area (Å²) in [7, 11) is 0. The van der Waals surface area contributed by atoms with E-state index in [0.29, 0.717) is 0 Å². The van der Waals surface area contributed by atoms with Gasteiger partial charge in [-0.25, -0.2) is 0 Å². The molecule has 0 aromatic heterocycles. The van der Waals surface area contributed by atoms with E-state index >= 15 is 0 Å². The summed E-state index contributed by atoms with van der Waals surface area (Å²) in [5, 5.41) is 4.11. The second-order valence-electron chi connectivity index (χ2n) is 3.81. The molecule has 1 aromatic carbocycles. The van der Waals surface area contributed by atoms with E-state index in [9.17, 15) is 0 Å². The molecular weight excluding hydrogens is 222 g/mol. The number of hydrogen-bond acceptors (Lipinski definition) is 2. The van der Waals surface area contributed by atoms with Crippen LogP contribution in [-0.4, -0.2) is 19.2 Å². The molecule has 0 aliphatic carbocycles. The SMILES string of the molecule is CCCNCC(CC)Oc1ccc(Cl)cc1. The van der Waals surface area contributed by atoms with Gasteiger partial charge in [-0.1, -0.05) is 25.4 Å². The van der Waals surface area contributed by atoms with Crippen LogP contribution in [0, 0.1) is 0 Å². The molecule has 0 aliphatic heterocycles. The lowest BCUT2D eigenvalue weighted by molar-refractivity contribution is 0.193. The van der Waals surface area contributed by atoms with Crippen LogP contribution in [-0.2, 0) is 0 Å². The molecule has 16 heavy (non-hydrogen) atoms. The maximum absolute atomic E-state index is 5.84. The predicted molar refractivity (Wildman–Crippen MR) is 69.3 cm³/mol. The van der Waals surface area contributed by atoms with Gasteiger partial charge < -0.3 is 10.1 Å². The van der Waals surface area contributed by atoms with E-state index in [1.165, 1.54) is 0 Å². The van der Waals surface area contributed by atoms with E-state index in [0.717, 1.165) is 36.7 Å². The molecule has 0 aliphatic rings. The van der Waals surface area contributed by atoms with Crippen molar-refractivity contribution in [3.8, 4) is 5.75 Å². The van der Waals surface area contributed by atoms with Crippen LogP contribution in [0.15, 0.2) is 24.3 Å². The summed E-state index contributed by atoms with van der Waals surface area (Å²) in [6.45, 7) is 6.23. The Kier molecular flexibility index (Phi) is 6.27. The molecule has 0 amide bonds. The molecule has 1 atom stereocenters. The topological polar surface area (TPSA) is 21.3 Å². The van der Waals surface area contributed by atoms with Gasteiger partial charge in [-0.2, -0.15) is 0 Å². The normalized spacial score (nSPS) is 12.4.